The number of fused-ring (bicyclic) bond motifs is 1. The van der Waals surface area contributed by atoms with E-state index < -0.39 is 6.10 Å². The summed E-state index contributed by atoms with van der Waals surface area (Å²) in [6.07, 6.45) is -0.276. The zero-order valence-corrected chi connectivity index (χ0v) is 13.0. The van der Waals surface area contributed by atoms with Crippen LogP contribution in [-0.4, -0.2) is 14.9 Å². The molecule has 0 saturated heterocycles. The van der Waals surface area contributed by atoms with Gasteiger partial charge in [-0.15, -0.1) is 0 Å². The number of para-hydroxylation sites is 1. The van der Waals surface area contributed by atoms with Gasteiger partial charge >= 0.3 is 0 Å². The molecule has 0 saturated carbocycles. The van der Waals surface area contributed by atoms with Crippen molar-refractivity contribution in [1.29, 1.82) is 0 Å². The van der Waals surface area contributed by atoms with Crippen LogP contribution in [0, 0.1) is 13.8 Å². The van der Waals surface area contributed by atoms with Crippen molar-refractivity contribution in [2.45, 2.75) is 26.4 Å². The molecule has 1 unspecified atom stereocenters. The summed E-state index contributed by atoms with van der Waals surface area (Å²) in [4.78, 5) is 0. The van der Waals surface area contributed by atoms with Crippen LogP contribution in [0.2, 0.25) is 5.02 Å². The molecule has 0 fully saturated rings. The molecule has 0 bridgehead atoms. The van der Waals surface area contributed by atoms with Crippen molar-refractivity contribution in [3.63, 3.8) is 0 Å². The molecule has 1 atom stereocenters. The first-order valence-electron chi connectivity index (χ1n) is 6.83. The first kappa shape index (κ1) is 14.2. The van der Waals surface area contributed by atoms with Crippen molar-refractivity contribution in [1.82, 2.24) is 9.78 Å². The van der Waals surface area contributed by atoms with Gasteiger partial charge in [0.1, 0.15) is 11.3 Å². The summed E-state index contributed by atoms with van der Waals surface area (Å²) >= 11 is 6.26. The standard InChI is InChI=1S/C16H17ClN2O2/c1-9-16(17)12(19(3)18-9)8-13(20)15-10(2)21-14-7-5-4-6-11(14)15/h4-7,13,20H,8H2,1-3H3. The van der Waals surface area contributed by atoms with Crippen LogP contribution in [0.5, 0.6) is 0 Å². The van der Waals surface area contributed by atoms with E-state index in [2.05, 4.69) is 5.10 Å². The summed E-state index contributed by atoms with van der Waals surface area (Å²) in [6.45, 7) is 3.73. The zero-order chi connectivity index (χ0) is 15.1. The van der Waals surface area contributed by atoms with Gasteiger partial charge in [0, 0.05) is 24.4 Å². The molecule has 1 aromatic carbocycles. The molecule has 4 nitrogen and oxygen atoms in total. The number of halogens is 1. The van der Waals surface area contributed by atoms with Gasteiger partial charge in [0.25, 0.3) is 0 Å². The van der Waals surface area contributed by atoms with Crippen LogP contribution < -0.4 is 0 Å². The molecule has 0 aliphatic heterocycles. The molecule has 0 aliphatic carbocycles. The topological polar surface area (TPSA) is 51.2 Å². The molecule has 0 radical (unpaired) electrons. The highest BCUT2D eigenvalue weighted by Gasteiger charge is 2.22. The van der Waals surface area contributed by atoms with Gasteiger partial charge in [0.05, 0.1) is 22.5 Å². The lowest BCUT2D eigenvalue weighted by molar-refractivity contribution is 0.175. The highest BCUT2D eigenvalue weighted by Crippen LogP contribution is 2.33. The van der Waals surface area contributed by atoms with Crippen molar-refractivity contribution in [3.8, 4) is 0 Å². The van der Waals surface area contributed by atoms with Gasteiger partial charge in [-0.3, -0.25) is 4.68 Å². The second-order valence-corrected chi connectivity index (χ2v) is 5.64. The molecular formula is C16H17ClN2O2. The Morgan fingerprint density at radius 3 is 2.71 bits per heavy atom. The van der Waals surface area contributed by atoms with E-state index >= 15 is 0 Å². The fraction of sp³-hybridized carbons (Fsp3) is 0.312. The Bertz CT molecular complexity index is 804. The molecule has 2 aromatic heterocycles. The molecule has 21 heavy (non-hydrogen) atoms. The van der Waals surface area contributed by atoms with E-state index in [-0.39, 0.29) is 0 Å². The molecule has 110 valence electrons. The average Bonchev–Trinajstić information content (AvgIpc) is 2.89. The van der Waals surface area contributed by atoms with E-state index in [9.17, 15) is 5.11 Å². The number of aliphatic hydroxyl groups is 1. The van der Waals surface area contributed by atoms with Gasteiger partial charge in [-0.1, -0.05) is 29.8 Å². The number of aliphatic hydroxyl groups excluding tert-OH is 1. The van der Waals surface area contributed by atoms with E-state index in [1.54, 1.807) is 4.68 Å². The van der Waals surface area contributed by atoms with E-state index in [4.69, 9.17) is 16.0 Å². The second kappa shape index (κ2) is 5.20. The van der Waals surface area contributed by atoms with Gasteiger partial charge in [-0.05, 0) is 19.9 Å². The lowest BCUT2D eigenvalue weighted by atomic mass is 10.0. The molecule has 5 heteroatoms. The Kier molecular flexibility index (Phi) is 3.51. The van der Waals surface area contributed by atoms with Crippen LogP contribution >= 0.6 is 11.6 Å². The van der Waals surface area contributed by atoms with E-state index in [0.29, 0.717) is 11.4 Å². The minimum atomic E-state index is -0.680. The van der Waals surface area contributed by atoms with Crippen molar-refractivity contribution < 1.29 is 9.52 Å². The Morgan fingerprint density at radius 2 is 2.05 bits per heavy atom. The third-order valence-electron chi connectivity index (χ3n) is 3.80. The van der Waals surface area contributed by atoms with Gasteiger partial charge in [-0.2, -0.15) is 5.10 Å². The summed E-state index contributed by atoms with van der Waals surface area (Å²) in [5.41, 5.74) is 3.21. The average molecular weight is 305 g/mol. The zero-order valence-electron chi connectivity index (χ0n) is 12.2. The quantitative estimate of drug-likeness (QED) is 0.802. The van der Waals surface area contributed by atoms with Gasteiger partial charge in [0.2, 0.25) is 0 Å². The molecule has 2 heterocycles. The van der Waals surface area contributed by atoms with Crippen molar-refractivity contribution in [2.75, 3.05) is 0 Å². The number of benzene rings is 1. The maximum atomic E-state index is 10.6. The predicted octanol–water partition coefficient (Wildman–Crippen LogP) is 3.71. The maximum absolute atomic E-state index is 10.6. The first-order chi connectivity index (χ1) is 9.99. The third-order valence-corrected chi connectivity index (χ3v) is 4.29. The normalized spacial score (nSPS) is 13.0. The summed E-state index contributed by atoms with van der Waals surface area (Å²) in [5, 5.41) is 16.5. The minimum absolute atomic E-state index is 0.403. The number of nitrogens with zero attached hydrogens (tertiary/aromatic N) is 2. The van der Waals surface area contributed by atoms with Crippen molar-refractivity contribution in [2.24, 2.45) is 7.05 Å². The highest BCUT2D eigenvalue weighted by atomic mass is 35.5. The SMILES string of the molecule is Cc1nn(C)c(CC(O)c2c(C)oc3ccccc23)c1Cl. The summed E-state index contributed by atoms with van der Waals surface area (Å²) in [7, 11) is 1.83. The fourth-order valence-electron chi connectivity index (χ4n) is 2.79. The predicted molar refractivity (Wildman–Crippen MR) is 82.6 cm³/mol. The third kappa shape index (κ3) is 2.34. The number of rotatable bonds is 3. The smallest absolute Gasteiger partial charge is 0.134 e. The second-order valence-electron chi connectivity index (χ2n) is 5.26. The first-order valence-corrected chi connectivity index (χ1v) is 7.21. The number of aryl methyl sites for hydroxylation is 3. The van der Waals surface area contributed by atoms with E-state index in [1.165, 1.54) is 0 Å². The number of furan rings is 1. The maximum Gasteiger partial charge on any atom is 0.134 e. The summed E-state index contributed by atoms with van der Waals surface area (Å²) in [5.74, 6) is 0.735. The van der Waals surface area contributed by atoms with Gasteiger partial charge in [-0.25, -0.2) is 0 Å². The molecule has 1 N–H and O–H groups in total. The van der Waals surface area contributed by atoms with Gasteiger partial charge < -0.3 is 9.52 Å². The van der Waals surface area contributed by atoms with Crippen LogP contribution in [0.4, 0.5) is 0 Å². The Balaban J connectivity index is 2.01. The Labute approximate surface area is 127 Å². The number of hydrogen-bond acceptors (Lipinski definition) is 3. The molecular weight excluding hydrogens is 288 g/mol. The van der Waals surface area contributed by atoms with Crippen LogP contribution in [0.3, 0.4) is 0 Å². The number of hydrogen-bond donors (Lipinski definition) is 1. The molecule has 3 rings (SSSR count). The monoisotopic (exact) mass is 304 g/mol. The van der Waals surface area contributed by atoms with Crippen LogP contribution in [-0.2, 0) is 13.5 Å². The molecule has 0 amide bonds. The van der Waals surface area contributed by atoms with E-state index in [1.807, 2.05) is 45.2 Å². The minimum Gasteiger partial charge on any atom is -0.461 e. The fourth-order valence-corrected chi connectivity index (χ4v) is 3.03. The lowest BCUT2D eigenvalue weighted by Crippen LogP contribution is -2.07. The van der Waals surface area contributed by atoms with Crippen molar-refractivity contribution >= 4 is 22.6 Å². The largest absolute Gasteiger partial charge is 0.461 e. The summed E-state index contributed by atoms with van der Waals surface area (Å²) in [6, 6.07) is 7.72. The van der Waals surface area contributed by atoms with Crippen LogP contribution in [0.1, 0.15) is 28.8 Å². The van der Waals surface area contributed by atoms with Crippen LogP contribution in [0.15, 0.2) is 28.7 Å². The molecule has 3 aromatic rings. The Morgan fingerprint density at radius 1 is 1.33 bits per heavy atom. The molecule has 0 aliphatic rings. The summed E-state index contributed by atoms with van der Waals surface area (Å²) < 4.78 is 7.43. The lowest BCUT2D eigenvalue weighted by Gasteiger charge is -2.11. The Hall–Kier alpha value is -1.78. The van der Waals surface area contributed by atoms with Crippen LogP contribution in [0.25, 0.3) is 11.0 Å². The number of aromatic nitrogens is 2. The highest BCUT2D eigenvalue weighted by molar-refractivity contribution is 6.31. The van der Waals surface area contributed by atoms with Gasteiger partial charge in [0.15, 0.2) is 0 Å². The van der Waals surface area contributed by atoms with E-state index in [0.717, 1.165) is 33.7 Å². The van der Waals surface area contributed by atoms with Crippen molar-refractivity contribution in [3.05, 3.63) is 52.0 Å². The molecule has 0 spiro atoms.